The molecular weight excluding hydrogens is 404 g/mol. The van der Waals surface area contributed by atoms with Crippen molar-refractivity contribution in [2.24, 2.45) is 0 Å². The molecule has 0 spiro atoms. The number of carbonyl (C=O) groups is 1. The summed E-state index contributed by atoms with van der Waals surface area (Å²) >= 11 is 0. The first-order chi connectivity index (χ1) is 14.4. The third-order valence-corrected chi connectivity index (χ3v) is 7.26. The number of hydrogen-bond acceptors (Lipinski definition) is 5. The van der Waals surface area contributed by atoms with Crippen LogP contribution in [0, 0.1) is 6.92 Å². The first-order valence-corrected chi connectivity index (χ1v) is 11.4. The highest BCUT2D eigenvalue weighted by molar-refractivity contribution is 7.89. The van der Waals surface area contributed by atoms with Gasteiger partial charge in [-0.25, -0.2) is 8.42 Å². The Hall–Kier alpha value is -2.58. The van der Waals surface area contributed by atoms with Gasteiger partial charge in [0.15, 0.2) is 0 Å². The van der Waals surface area contributed by atoms with Gasteiger partial charge in [0.25, 0.3) is 5.91 Å². The van der Waals surface area contributed by atoms with Crippen LogP contribution in [0.3, 0.4) is 0 Å². The summed E-state index contributed by atoms with van der Waals surface area (Å²) in [6.07, 6.45) is 2.87. The standard InChI is InChI=1S/C22H28N2O5S/c1-16-20(28-2)13-18(14-21(16)29-3)22(25)23-15-17-7-9-19(10-8-17)30(26,27)24-11-5-4-6-12-24/h7-10,13-14H,4-6,11-12,15H2,1-3H3,(H,23,25). The van der Waals surface area contributed by atoms with E-state index in [0.29, 0.717) is 30.2 Å². The van der Waals surface area contributed by atoms with Gasteiger partial charge in [-0.3, -0.25) is 4.79 Å². The van der Waals surface area contributed by atoms with Gasteiger partial charge in [-0.1, -0.05) is 18.6 Å². The number of hydrogen-bond donors (Lipinski definition) is 1. The third kappa shape index (κ3) is 4.76. The quantitative estimate of drug-likeness (QED) is 0.727. The van der Waals surface area contributed by atoms with Crippen molar-refractivity contribution in [3.8, 4) is 11.5 Å². The summed E-state index contributed by atoms with van der Waals surface area (Å²) in [6, 6.07) is 10.00. The van der Waals surface area contributed by atoms with Gasteiger partial charge in [0.1, 0.15) is 11.5 Å². The molecule has 0 radical (unpaired) electrons. The van der Waals surface area contributed by atoms with E-state index < -0.39 is 10.0 Å². The molecule has 1 heterocycles. The Labute approximate surface area is 178 Å². The number of sulfonamides is 1. The van der Waals surface area contributed by atoms with Gasteiger partial charge in [0.05, 0.1) is 19.1 Å². The van der Waals surface area contributed by atoms with Crippen LogP contribution in [0.2, 0.25) is 0 Å². The maximum Gasteiger partial charge on any atom is 0.251 e. The Morgan fingerprint density at radius 3 is 2.10 bits per heavy atom. The number of nitrogens with zero attached hydrogens (tertiary/aromatic N) is 1. The van der Waals surface area contributed by atoms with Crippen molar-refractivity contribution in [3.05, 3.63) is 53.1 Å². The molecule has 3 rings (SSSR count). The minimum atomic E-state index is -3.45. The fourth-order valence-corrected chi connectivity index (χ4v) is 5.05. The molecule has 0 unspecified atom stereocenters. The molecular formula is C22H28N2O5S. The zero-order valence-electron chi connectivity index (χ0n) is 17.6. The summed E-state index contributed by atoms with van der Waals surface area (Å²) in [5, 5.41) is 2.85. The summed E-state index contributed by atoms with van der Waals surface area (Å²) in [4.78, 5) is 12.9. The van der Waals surface area contributed by atoms with Crippen molar-refractivity contribution >= 4 is 15.9 Å². The summed E-state index contributed by atoms with van der Waals surface area (Å²) in [5.74, 6) is 0.884. The maximum absolute atomic E-state index is 12.7. The molecule has 162 valence electrons. The average molecular weight is 433 g/mol. The molecule has 1 amide bonds. The minimum Gasteiger partial charge on any atom is -0.496 e. The van der Waals surface area contributed by atoms with Crippen molar-refractivity contribution in [2.45, 2.75) is 37.6 Å². The molecule has 0 aromatic heterocycles. The van der Waals surface area contributed by atoms with E-state index in [1.165, 1.54) is 0 Å². The van der Waals surface area contributed by atoms with Crippen LogP contribution in [0.1, 0.15) is 40.7 Å². The number of nitrogens with one attached hydrogen (secondary N) is 1. The van der Waals surface area contributed by atoms with E-state index in [1.807, 2.05) is 6.92 Å². The molecule has 8 heteroatoms. The zero-order valence-corrected chi connectivity index (χ0v) is 18.4. The summed E-state index contributed by atoms with van der Waals surface area (Å²) in [7, 11) is -0.365. The number of amides is 1. The molecule has 1 N–H and O–H groups in total. The number of rotatable bonds is 7. The van der Waals surface area contributed by atoms with Crippen LogP contribution in [0.25, 0.3) is 0 Å². The maximum atomic E-state index is 12.7. The Morgan fingerprint density at radius 2 is 1.57 bits per heavy atom. The molecule has 0 bridgehead atoms. The van der Waals surface area contributed by atoms with Crippen molar-refractivity contribution < 1.29 is 22.7 Å². The van der Waals surface area contributed by atoms with Gasteiger partial charge in [-0.2, -0.15) is 4.31 Å². The second-order valence-electron chi connectivity index (χ2n) is 7.30. The van der Waals surface area contributed by atoms with Crippen molar-refractivity contribution in [2.75, 3.05) is 27.3 Å². The van der Waals surface area contributed by atoms with E-state index in [-0.39, 0.29) is 17.3 Å². The monoisotopic (exact) mass is 432 g/mol. The molecule has 2 aromatic carbocycles. The molecule has 30 heavy (non-hydrogen) atoms. The fourth-order valence-electron chi connectivity index (χ4n) is 3.54. The Morgan fingerprint density at radius 1 is 1.00 bits per heavy atom. The number of methoxy groups -OCH3 is 2. The van der Waals surface area contributed by atoms with Crippen LogP contribution < -0.4 is 14.8 Å². The normalized spacial score (nSPS) is 14.9. The first kappa shape index (κ1) is 22.1. The largest absolute Gasteiger partial charge is 0.496 e. The summed E-state index contributed by atoms with van der Waals surface area (Å²) in [6.45, 7) is 3.29. The highest BCUT2D eigenvalue weighted by Gasteiger charge is 2.25. The molecule has 0 saturated carbocycles. The van der Waals surface area contributed by atoms with Crippen molar-refractivity contribution in [1.82, 2.24) is 9.62 Å². The molecule has 0 aliphatic carbocycles. The highest BCUT2D eigenvalue weighted by Crippen LogP contribution is 2.29. The highest BCUT2D eigenvalue weighted by atomic mass is 32.2. The SMILES string of the molecule is COc1cc(C(=O)NCc2ccc(S(=O)(=O)N3CCCCC3)cc2)cc(OC)c1C. The van der Waals surface area contributed by atoms with E-state index >= 15 is 0 Å². The first-order valence-electron chi connectivity index (χ1n) is 9.96. The second-order valence-corrected chi connectivity index (χ2v) is 9.24. The lowest BCUT2D eigenvalue weighted by molar-refractivity contribution is 0.0950. The lowest BCUT2D eigenvalue weighted by atomic mass is 10.1. The lowest BCUT2D eigenvalue weighted by Gasteiger charge is -2.25. The molecule has 1 saturated heterocycles. The lowest BCUT2D eigenvalue weighted by Crippen LogP contribution is -2.35. The van der Waals surface area contributed by atoms with Gasteiger partial charge in [-0.05, 0) is 49.6 Å². The van der Waals surface area contributed by atoms with Crippen molar-refractivity contribution in [1.29, 1.82) is 0 Å². The van der Waals surface area contributed by atoms with Gasteiger partial charge in [0, 0.05) is 30.8 Å². The van der Waals surface area contributed by atoms with Crippen LogP contribution in [0.4, 0.5) is 0 Å². The predicted molar refractivity (Wildman–Crippen MR) is 115 cm³/mol. The Balaban J connectivity index is 1.67. The van der Waals surface area contributed by atoms with Crippen molar-refractivity contribution in [3.63, 3.8) is 0 Å². The fraction of sp³-hybridized carbons (Fsp3) is 0.409. The number of ether oxygens (including phenoxy) is 2. The number of carbonyl (C=O) groups excluding carboxylic acids is 1. The molecule has 2 aromatic rings. The third-order valence-electron chi connectivity index (χ3n) is 5.34. The molecule has 1 aliphatic rings. The number of piperidine rings is 1. The topological polar surface area (TPSA) is 84.9 Å². The van der Waals surface area contributed by atoms with Crippen LogP contribution >= 0.6 is 0 Å². The minimum absolute atomic E-state index is 0.267. The van der Waals surface area contributed by atoms with E-state index in [0.717, 1.165) is 30.4 Å². The van der Waals surface area contributed by atoms with E-state index in [4.69, 9.17) is 9.47 Å². The van der Waals surface area contributed by atoms with E-state index in [9.17, 15) is 13.2 Å². The molecule has 0 atom stereocenters. The smallest absolute Gasteiger partial charge is 0.251 e. The summed E-state index contributed by atoms with van der Waals surface area (Å²) < 4.78 is 37.6. The predicted octanol–water partition coefficient (Wildman–Crippen LogP) is 3.12. The Kier molecular flexibility index (Phi) is 6.99. The summed E-state index contributed by atoms with van der Waals surface area (Å²) in [5.41, 5.74) is 2.06. The van der Waals surface area contributed by atoms with E-state index in [1.54, 1.807) is 54.9 Å². The molecule has 1 fully saturated rings. The van der Waals surface area contributed by atoms with Gasteiger partial charge >= 0.3 is 0 Å². The van der Waals surface area contributed by atoms with E-state index in [2.05, 4.69) is 5.32 Å². The average Bonchev–Trinajstić information content (AvgIpc) is 2.78. The second kappa shape index (κ2) is 9.49. The number of benzene rings is 2. The van der Waals surface area contributed by atoms with Gasteiger partial charge in [0.2, 0.25) is 10.0 Å². The molecule has 1 aliphatic heterocycles. The van der Waals surface area contributed by atoms with Crippen LogP contribution in [0.15, 0.2) is 41.3 Å². The molecule has 7 nitrogen and oxygen atoms in total. The Bertz CT molecular complexity index is 972. The zero-order chi connectivity index (χ0) is 21.7. The van der Waals surface area contributed by atoms with Crippen LogP contribution in [-0.4, -0.2) is 45.9 Å². The van der Waals surface area contributed by atoms with Gasteiger partial charge < -0.3 is 14.8 Å². The van der Waals surface area contributed by atoms with Gasteiger partial charge in [-0.15, -0.1) is 0 Å². The van der Waals surface area contributed by atoms with Crippen LogP contribution in [0.5, 0.6) is 11.5 Å². The van der Waals surface area contributed by atoms with Crippen LogP contribution in [-0.2, 0) is 16.6 Å².